The van der Waals surface area contributed by atoms with E-state index in [0.29, 0.717) is 6.42 Å². The number of pyridine rings is 1. The maximum Gasteiger partial charge on any atom is 0.306 e. The molecule has 0 saturated heterocycles. The van der Waals surface area contributed by atoms with Gasteiger partial charge >= 0.3 is 5.97 Å². The molecule has 3 nitrogen and oxygen atoms in total. The van der Waals surface area contributed by atoms with Crippen molar-refractivity contribution >= 4 is 5.97 Å². The Morgan fingerprint density at radius 1 is 1.17 bits per heavy atom. The smallest absolute Gasteiger partial charge is 0.306 e. The van der Waals surface area contributed by atoms with Crippen LogP contribution in [-0.2, 0) is 9.53 Å². The van der Waals surface area contributed by atoms with E-state index in [1.807, 2.05) is 48.5 Å². The molecule has 2 aromatic rings. The highest BCUT2D eigenvalue weighted by Crippen LogP contribution is 2.26. The highest BCUT2D eigenvalue weighted by molar-refractivity contribution is 5.71. The van der Waals surface area contributed by atoms with Crippen LogP contribution < -0.4 is 0 Å². The van der Waals surface area contributed by atoms with E-state index in [2.05, 4.69) is 4.98 Å². The zero-order valence-electron chi connectivity index (χ0n) is 10.2. The molecule has 1 aromatic carbocycles. The normalized spacial score (nSPS) is 11.8. The Hall–Kier alpha value is -2.16. The van der Waals surface area contributed by atoms with Gasteiger partial charge in [-0.1, -0.05) is 36.4 Å². The predicted octanol–water partition coefficient (Wildman–Crippen LogP) is 2.78. The average molecular weight is 241 g/mol. The van der Waals surface area contributed by atoms with Crippen molar-refractivity contribution in [3.8, 4) is 0 Å². The lowest BCUT2D eigenvalue weighted by molar-refractivity contribution is -0.140. The van der Waals surface area contributed by atoms with Crippen LogP contribution in [-0.4, -0.2) is 18.1 Å². The van der Waals surface area contributed by atoms with Gasteiger partial charge in [-0.25, -0.2) is 0 Å². The summed E-state index contributed by atoms with van der Waals surface area (Å²) in [5.74, 6) is -0.283. The number of rotatable bonds is 4. The zero-order valence-corrected chi connectivity index (χ0v) is 10.2. The van der Waals surface area contributed by atoms with Crippen molar-refractivity contribution in [2.24, 2.45) is 0 Å². The average Bonchev–Trinajstić information content (AvgIpc) is 2.46. The third-order valence-corrected chi connectivity index (χ3v) is 2.85. The summed E-state index contributed by atoms with van der Waals surface area (Å²) in [5.41, 5.74) is 1.95. The van der Waals surface area contributed by atoms with Gasteiger partial charge in [0.2, 0.25) is 0 Å². The Morgan fingerprint density at radius 3 is 2.50 bits per heavy atom. The van der Waals surface area contributed by atoms with Gasteiger partial charge in [-0.3, -0.25) is 9.78 Å². The number of aromatic nitrogens is 1. The Morgan fingerprint density at radius 2 is 1.89 bits per heavy atom. The van der Waals surface area contributed by atoms with Gasteiger partial charge in [0.25, 0.3) is 0 Å². The van der Waals surface area contributed by atoms with E-state index in [-0.39, 0.29) is 11.9 Å². The van der Waals surface area contributed by atoms with Crippen molar-refractivity contribution in [1.29, 1.82) is 0 Å². The predicted molar refractivity (Wildman–Crippen MR) is 69.2 cm³/mol. The molecule has 1 unspecified atom stereocenters. The van der Waals surface area contributed by atoms with Crippen LogP contribution in [0.5, 0.6) is 0 Å². The third-order valence-electron chi connectivity index (χ3n) is 2.85. The summed E-state index contributed by atoms with van der Waals surface area (Å²) in [5, 5.41) is 0. The lowest BCUT2D eigenvalue weighted by Gasteiger charge is -2.15. The fourth-order valence-electron chi connectivity index (χ4n) is 1.91. The molecular formula is C15H15NO2. The van der Waals surface area contributed by atoms with Gasteiger partial charge in [-0.05, 0) is 17.7 Å². The number of hydrogen-bond acceptors (Lipinski definition) is 3. The molecule has 0 aliphatic carbocycles. The highest BCUT2D eigenvalue weighted by Gasteiger charge is 2.19. The summed E-state index contributed by atoms with van der Waals surface area (Å²) >= 11 is 0. The Bertz CT molecular complexity index is 457. The van der Waals surface area contributed by atoms with Gasteiger partial charge < -0.3 is 4.74 Å². The topological polar surface area (TPSA) is 39.2 Å². The third kappa shape index (κ3) is 2.94. The number of esters is 1. The molecule has 0 saturated carbocycles. The molecule has 18 heavy (non-hydrogen) atoms. The molecule has 0 aliphatic heterocycles. The van der Waals surface area contributed by atoms with Crippen LogP contribution in [0, 0.1) is 0 Å². The van der Waals surface area contributed by atoms with Gasteiger partial charge in [0, 0.05) is 17.8 Å². The van der Waals surface area contributed by atoms with Crippen LogP contribution >= 0.6 is 0 Å². The van der Waals surface area contributed by atoms with Crippen LogP contribution in [0.3, 0.4) is 0 Å². The molecular weight excluding hydrogens is 226 g/mol. The summed E-state index contributed by atoms with van der Waals surface area (Å²) in [4.78, 5) is 15.9. The number of ether oxygens (including phenoxy) is 1. The molecule has 1 heterocycles. The summed E-state index contributed by atoms with van der Waals surface area (Å²) in [6, 6.07) is 15.6. The first-order chi connectivity index (χ1) is 8.81. The first-order valence-electron chi connectivity index (χ1n) is 5.84. The molecule has 0 amide bonds. The van der Waals surface area contributed by atoms with Crippen molar-refractivity contribution in [3.63, 3.8) is 0 Å². The molecule has 0 fully saturated rings. The first kappa shape index (κ1) is 12.3. The summed E-state index contributed by atoms with van der Waals surface area (Å²) in [6.45, 7) is 0. The van der Waals surface area contributed by atoms with Crippen LogP contribution in [0.25, 0.3) is 0 Å². The van der Waals surface area contributed by atoms with Crippen molar-refractivity contribution < 1.29 is 9.53 Å². The number of carbonyl (C=O) groups excluding carboxylic acids is 1. The van der Waals surface area contributed by atoms with Gasteiger partial charge in [-0.2, -0.15) is 0 Å². The molecule has 3 heteroatoms. The minimum absolute atomic E-state index is 0.0557. The summed E-state index contributed by atoms with van der Waals surface area (Å²) < 4.78 is 4.76. The maximum atomic E-state index is 11.5. The highest BCUT2D eigenvalue weighted by atomic mass is 16.5. The SMILES string of the molecule is COC(=O)CC(c1ccccc1)c1ccccn1. The number of benzene rings is 1. The Labute approximate surface area is 106 Å². The molecule has 0 bridgehead atoms. The van der Waals surface area contributed by atoms with Crippen LogP contribution in [0.15, 0.2) is 54.7 Å². The standard InChI is InChI=1S/C15H15NO2/c1-18-15(17)11-13(12-7-3-2-4-8-12)14-9-5-6-10-16-14/h2-10,13H,11H2,1H3. The van der Waals surface area contributed by atoms with Gasteiger partial charge in [0.15, 0.2) is 0 Å². The van der Waals surface area contributed by atoms with E-state index < -0.39 is 0 Å². The largest absolute Gasteiger partial charge is 0.469 e. The lowest BCUT2D eigenvalue weighted by Crippen LogP contribution is -2.11. The second-order valence-corrected chi connectivity index (χ2v) is 4.00. The van der Waals surface area contributed by atoms with E-state index in [1.165, 1.54) is 7.11 Å². The second-order valence-electron chi connectivity index (χ2n) is 4.00. The molecule has 1 atom stereocenters. The number of methoxy groups -OCH3 is 1. The fourth-order valence-corrected chi connectivity index (χ4v) is 1.91. The minimum Gasteiger partial charge on any atom is -0.469 e. The quantitative estimate of drug-likeness (QED) is 0.773. The van der Waals surface area contributed by atoms with Crippen LogP contribution in [0.1, 0.15) is 23.6 Å². The van der Waals surface area contributed by atoms with E-state index in [0.717, 1.165) is 11.3 Å². The number of carbonyl (C=O) groups is 1. The van der Waals surface area contributed by atoms with E-state index in [1.54, 1.807) is 6.20 Å². The van der Waals surface area contributed by atoms with Crippen molar-refractivity contribution in [1.82, 2.24) is 4.98 Å². The van der Waals surface area contributed by atoms with Gasteiger partial charge in [0.05, 0.1) is 13.5 Å². The molecule has 0 N–H and O–H groups in total. The van der Waals surface area contributed by atoms with Crippen LogP contribution in [0.4, 0.5) is 0 Å². The lowest BCUT2D eigenvalue weighted by atomic mass is 9.92. The fraction of sp³-hybridized carbons (Fsp3) is 0.200. The Balaban J connectivity index is 2.32. The monoisotopic (exact) mass is 241 g/mol. The van der Waals surface area contributed by atoms with Gasteiger partial charge in [0.1, 0.15) is 0 Å². The Kier molecular flexibility index (Phi) is 4.07. The molecule has 0 radical (unpaired) electrons. The van der Waals surface area contributed by atoms with Crippen molar-refractivity contribution in [2.45, 2.75) is 12.3 Å². The minimum atomic E-state index is -0.227. The molecule has 1 aromatic heterocycles. The summed E-state index contributed by atoms with van der Waals surface area (Å²) in [7, 11) is 1.41. The molecule has 2 rings (SSSR count). The number of nitrogens with zero attached hydrogens (tertiary/aromatic N) is 1. The number of hydrogen-bond donors (Lipinski definition) is 0. The first-order valence-corrected chi connectivity index (χ1v) is 5.84. The van der Waals surface area contributed by atoms with E-state index in [4.69, 9.17) is 4.74 Å². The molecule has 0 aliphatic rings. The van der Waals surface area contributed by atoms with Crippen LogP contribution in [0.2, 0.25) is 0 Å². The van der Waals surface area contributed by atoms with Crippen molar-refractivity contribution in [2.75, 3.05) is 7.11 Å². The van der Waals surface area contributed by atoms with E-state index in [9.17, 15) is 4.79 Å². The van der Waals surface area contributed by atoms with E-state index >= 15 is 0 Å². The zero-order chi connectivity index (χ0) is 12.8. The second kappa shape index (κ2) is 5.96. The molecule has 92 valence electrons. The van der Waals surface area contributed by atoms with Crippen molar-refractivity contribution in [3.05, 3.63) is 66.0 Å². The maximum absolute atomic E-state index is 11.5. The molecule has 0 spiro atoms. The summed E-state index contributed by atoms with van der Waals surface area (Å²) in [6.07, 6.45) is 2.04. The van der Waals surface area contributed by atoms with Gasteiger partial charge in [-0.15, -0.1) is 0 Å².